The van der Waals surface area contributed by atoms with Crippen molar-refractivity contribution in [3.05, 3.63) is 32.8 Å². The first-order valence-corrected chi connectivity index (χ1v) is 8.42. The molecule has 0 heterocycles. The zero-order valence-electron chi connectivity index (χ0n) is 12.0. The molecule has 0 aromatic heterocycles. The summed E-state index contributed by atoms with van der Waals surface area (Å²) in [5, 5.41) is 0.826. The standard InChI is InChI=1S/C16H19Cl3O2/c1-10-3-2-4-11(7-10)5-6-21-16(20)13-8-12(17)9-14(18)15(13)19/h8-11H,2-7H2,1H3. The van der Waals surface area contributed by atoms with Crippen LogP contribution in [0.2, 0.25) is 15.1 Å². The van der Waals surface area contributed by atoms with Gasteiger partial charge in [0.1, 0.15) is 0 Å². The Morgan fingerprint density at radius 2 is 2.05 bits per heavy atom. The minimum atomic E-state index is -0.465. The summed E-state index contributed by atoms with van der Waals surface area (Å²) in [5.41, 5.74) is 0.228. The fourth-order valence-electron chi connectivity index (χ4n) is 2.92. The predicted octanol–water partition coefficient (Wildman–Crippen LogP) is 6.02. The largest absolute Gasteiger partial charge is 0.462 e. The summed E-state index contributed by atoms with van der Waals surface area (Å²) >= 11 is 17.8. The molecule has 2 atom stereocenters. The number of halogens is 3. The minimum Gasteiger partial charge on any atom is -0.462 e. The molecule has 2 rings (SSSR count). The highest BCUT2D eigenvalue weighted by molar-refractivity contribution is 6.45. The van der Waals surface area contributed by atoms with Crippen molar-refractivity contribution in [3.8, 4) is 0 Å². The van der Waals surface area contributed by atoms with Crippen LogP contribution in [0.15, 0.2) is 12.1 Å². The van der Waals surface area contributed by atoms with Crippen LogP contribution >= 0.6 is 34.8 Å². The summed E-state index contributed by atoms with van der Waals surface area (Å²) in [6.07, 6.45) is 5.94. The first-order valence-electron chi connectivity index (χ1n) is 7.29. The lowest BCUT2D eigenvalue weighted by molar-refractivity contribution is 0.0470. The Bertz CT molecular complexity index is 516. The first-order chi connectivity index (χ1) is 9.97. The lowest BCUT2D eigenvalue weighted by Crippen LogP contribution is -2.16. The van der Waals surface area contributed by atoms with Crippen molar-refractivity contribution in [2.24, 2.45) is 11.8 Å². The van der Waals surface area contributed by atoms with Gasteiger partial charge < -0.3 is 4.74 Å². The van der Waals surface area contributed by atoms with Gasteiger partial charge in [0.25, 0.3) is 0 Å². The van der Waals surface area contributed by atoms with Crippen molar-refractivity contribution in [2.75, 3.05) is 6.61 Å². The third-order valence-electron chi connectivity index (χ3n) is 4.02. The number of hydrogen-bond acceptors (Lipinski definition) is 2. The Morgan fingerprint density at radius 1 is 1.29 bits per heavy atom. The predicted molar refractivity (Wildman–Crippen MR) is 87.5 cm³/mol. The maximum atomic E-state index is 12.1. The van der Waals surface area contributed by atoms with Crippen LogP contribution in [0, 0.1) is 11.8 Å². The van der Waals surface area contributed by atoms with E-state index < -0.39 is 5.97 Å². The summed E-state index contributed by atoms with van der Waals surface area (Å²) in [6.45, 7) is 2.70. The molecule has 1 aromatic carbocycles. The van der Waals surface area contributed by atoms with E-state index in [1.54, 1.807) is 0 Å². The van der Waals surface area contributed by atoms with E-state index in [1.807, 2.05) is 0 Å². The summed E-state index contributed by atoms with van der Waals surface area (Å²) in [6, 6.07) is 2.99. The number of hydrogen-bond donors (Lipinski definition) is 0. The quantitative estimate of drug-likeness (QED) is 0.490. The van der Waals surface area contributed by atoms with Gasteiger partial charge in [-0.1, -0.05) is 61.0 Å². The van der Waals surface area contributed by atoms with Crippen LogP contribution in [0.25, 0.3) is 0 Å². The van der Waals surface area contributed by atoms with Crippen LogP contribution in [0.5, 0.6) is 0 Å². The van der Waals surface area contributed by atoms with Crippen molar-refractivity contribution in [3.63, 3.8) is 0 Å². The van der Waals surface area contributed by atoms with Crippen molar-refractivity contribution >= 4 is 40.8 Å². The van der Waals surface area contributed by atoms with E-state index in [9.17, 15) is 4.79 Å². The molecule has 1 fully saturated rings. The van der Waals surface area contributed by atoms with E-state index in [1.165, 1.54) is 37.8 Å². The number of esters is 1. The number of rotatable bonds is 4. The van der Waals surface area contributed by atoms with Crippen molar-refractivity contribution < 1.29 is 9.53 Å². The van der Waals surface area contributed by atoms with Gasteiger partial charge in [-0.2, -0.15) is 0 Å². The van der Waals surface area contributed by atoms with Gasteiger partial charge >= 0.3 is 5.97 Å². The molecule has 0 spiro atoms. The lowest BCUT2D eigenvalue weighted by atomic mass is 9.81. The van der Waals surface area contributed by atoms with Gasteiger partial charge in [-0.3, -0.25) is 0 Å². The van der Waals surface area contributed by atoms with Gasteiger partial charge in [0.15, 0.2) is 0 Å². The maximum Gasteiger partial charge on any atom is 0.339 e. The fourth-order valence-corrected chi connectivity index (χ4v) is 3.60. The van der Waals surface area contributed by atoms with Crippen LogP contribution in [0.3, 0.4) is 0 Å². The van der Waals surface area contributed by atoms with Gasteiger partial charge in [-0.05, 0) is 36.8 Å². The Morgan fingerprint density at radius 3 is 2.76 bits per heavy atom. The summed E-state index contributed by atoms with van der Waals surface area (Å²) in [4.78, 5) is 12.1. The summed E-state index contributed by atoms with van der Waals surface area (Å²) in [7, 11) is 0. The van der Waals surface area contributed by atoms with E-state index in [0.29, 0.717) is 17.5 Å². The molecule has 2 nitrogen and oxygen atoms in total. The van der Waals surface area contributed by atoms with E-state index in [-0.39, 0.29) is 15.6 Å². The summed E-state index contributed by atoms with van der Waals surface area (Å²) < 4.78 is 5.32. The number of carbonyl (C=O) groups is 1. The van der Waals surface area contributed by atoms with Gasteiger partial charge in [0.2, 0.25) is 0 Å². The second-order valence-electron chi connectivity index (χ2n) is 5.81. The molecule has 0 saturated heterocycles. The van der Waals surface area contributed by atoms with Gasteiger partial charge in [-0.25, -0.2) is 4.79 Å². The average molecular weight is 350 g/mol. The molecular weight excluding hydrogens is 331 g/mol. The van der Waals surface area contributed by atoms with Gasteiger partial charge in [0, 0.05) is 5.02 Å². The van der Waals surface area contributed by atoms with Crippen LogP contribution in [0.1, 0.15) is 49.4 Å². The second kappa shape index (κ2) is 7.71. The highest BCUT2D eigenvalue weighted by atomic mass is 35.5. The second-order valence-corrected chi connectivity index (χ2v) is 7.03. The SMILES string of the molecule is CC1CCCC(CCOC(=O)c2cc(Cl)cc(Cl)c2Cl)C1. The van der Waals surface area contributed by atoms with E-state index in [4.69, 9.17) is 39.5 Å². The Balaban J connectivity index is 1.87. The van der Waals surface area contributed by atoms with Crippen LogP contribution in [-0.2, 0) is 4.74 Å². The Hall–Kier alpha value is -0.440. The number of carbonyl (C=O) groups excluding carboxylic acids is 1. The molecule has 1 aromatic rings. The highest BCUT2D eigenvalue weighted by Gasteiger charge is 2.20. The molecule has 1 aliphatic carbocycles. The van der Waals surface area contributed by atoms with Gasteiger partial charge in [0.05, 0.1) is 22.2 Å². The van der Waals surface area contributed by atoms with E-state index in [2.05, 4.69) is 6.92 Å². The van der Waals surface area contributed by atoms with Crippen LogP contribution in [0.4, 0.5) is 0 Å². The molecule has 2 unspecified atom stereocenters. The van der Waals surface area contributed by atoms with E-state index in [0.717, 1.165) is 12.3 Å². The molecule has 0 radical (unpaired) electrons. The highest BCUT2D eigenvalue weighted by Crippen LogP contribution is 2.32. The Kier molecular flexibility index (Phi) is 6.21. The van der Waals surface area contributed by atoms with Crippen LogP contribution < -0.4 is 0 Å². The molecule has 1 aliphatic rings. The summed E-state index contributed by atoms with van der Waals surface area (Å²) in [5.74, 6) is 0.967. The Labute approximate surface area is 140 Å². The van der Waals surface area contributed by atoms with Gasteiger partial charge in [-0.15, -0.1) is 0 Å². The molecule has 116 valence electrons. The molecule has 0 bridgehead atoms. The third-order valence-corrected chi connectivity index (χ3v) is 5.04. The van der Waals surface area contributed by atoms with E-state index >= 15 is 0 Å². The zero-order valence-corrected chi connectivity index (χ0v) is 14.3. The zero-order chi connectivity index (χ0) is 15.4. The normalized spacial score (nSPS) is 22.1. The topological polar surface area (TPSA) is 26.3 Å². The average Bonchev–Trinajstić information content (AvgIpc) is 2.42. The molecule has 0 amide bonds. The molecule has 1 saturated carbocycles. The first kappa shape index (κ1) is 16.9. The minimum absolute atomic E-state index is 0.192. The lowest BCUT2D eigenvalue weighted by Gasteiger charge is -2.26. The molecule has 5 heteroatoms. The third kappa shape index (κ3) is 4.77. The molecule has 0 N–H and O–H groups in total. The smallest absolute Gasteiger partial charge is 0.339 e. The van der Waals surface area contributed by atoms with Crippen molar-refractivity contribution in [1.82, 2.24) is 0 Å². The maximum absolute atomic E-state index is 12.1. The van der Waals surface area contributed by atoms with Crippen LogP contribution in [-0.4, -0.2) is 12.6 Å². The number of ether oxygens (including phenoxy) is 1. The molecular formula is C16H19Cl3O2. The number of benzene rings is 1. The molecule has 21 heavy (non-hydrogen) atoms. The molecule has 0 aliphatic heterocycles. The van der Waals surface area contributed by atoms with Crippen molar-refractivity contribution in [2.45, 2.75) is 39.0 Å². The fraction of sp³-hybridized carbons (Fsp3) is 0.562. The monoisotopic (exact) mass is 348 g/mol. The van der Waals surface area contributed by atoms with Crippen molar-refractivity contribution in [1.29, 1.82) is 0 Å².